The first-order chi connectivity index (χ1) is 44.7. The van der Waals surface area contributed by atoms with Gasteiger partial charge in [-0.3, -0.25) is 20.0 Å². The molecule has 12 nitrogen and oxygen atoms in total. The van der Waals surface area contributed by atoms with Crippen molar-refractivity contribution in [3.63, 3.8) is 0 Å². The number of benzene rings is 12. The zero-order valence-corrected chi connectivity index (χ0v) is 55.3. The molecule has 0 saturated carbocycles. The molecule has 482 valence electrons. The molecule has 0 unspecified atom stereocenters. The average molecular weight is 1340 g/mol. The summed E-state index contributed by atoms with van der Waals surface area (Å²) in [6, 6.07) is 76.2. The van der Waals surface area contributed by atoms with Crippen molar-refractivity contribution < 1.29 is 73.5 Å². The second kappa shape index (κ2) is 35.0. The Balaban J connectivity index is 0.000000176. The van der Waals surface area contributed by atoms with Gasteiger partial charge in [-0.2, -0.15) is 0 Å². The molecule has 0 bridgehead atoms. The Hall–Kier alpha value is -10.2. The molecule has 12 aromatic carbocycles. The molecule has 0 aliphatic heterocycles. The molecule has 0 spiro atoms. The Kier molecular flexibility index (Phi) is 26.5. The minimum Gasteiger partial charge on any atom is -0.872 e. The van der Waals surface area contributed by atoms with Crippen LogP contribution in [0.1, 0.15) is 96.4 Å². The number of hydrogen-bond donors (Lipinski definition) is 0. The maximum atomic E-state index is 12.2. The third-order valence-electron chi connectivity index (χ3n) is 15.7. The van der Waals surface area contributed by atoms with E-state index in [0.717, 1.165) is 88.3 Å². The second-order valence-corrected chi connectivity index (χ2v) is 21.7. The van der Waals surface area contributed by atoms with Gasteiger partial charge in [-0.15, -0.1) is 0 Å². The third kappa shape index (κ3) is 18.5. The molecule has 4 atom stereocenters. The van der Waals surface area contributed by atoms with E-state index in [1.54, 1.807) is 77.6 Å². The van der Waals surface area contributed by atoms with E-state index >= 15 is 0 Å². The van der Waals surface area contributed by atoms with E-state index in [2.05, 4.69) is 20.0 Å². The Labute approximate surface area is 571 Å². The number of nitrogens with zero attached hydrogens (tertiary/aromatic N) is 4. The van der Waals surface area contributed by atoms with Crippen LogP contribution in [-0.2, 0) is 34.1 Å². The molecule has 0 heterocycles. The largest absolute Gasteiger partial charge is 2.00 e. The minimum absolute atomic E-state index is 0. The van der Waals surface area contributed by atoms with E-state index in [-0.39, 0.29) is 81.3 Å². The van der Waals surface area contributed by atoms with Gasteiger partial charge < -0.3 is 39.4 Å². The van der Waals surface area contributed by atoms with E-state index in [4.69, 9.17) is 18.9 Å². The van der Waals surface area contributed by atoms with E-state index in [1.165, 1.54) is 0 Å². The van der Waals surface area contributed by atoms with Crippen LogP contribution in [0.4, 0.5) is 0 Å². The molecular formula is C80H72Cu2N4O8. The first-order valence-corrected chi connectivity index (χ1v) is 30.2. The van der Waals surface area contributed by atoms with Gasteiger partial charge in [0.1, 0.15) is 23.0 Å². The second-order valence-electron chi connectivity index (χ2n) is 21.7. The molecule has 94 heavy (non-hydrogen) atoms. The number of hydrogen-bond acceptors (Lipinski definition) is 12. The molecule has 0 N–H and O–H groups in total. The maximum absolute atomic E-state index is 12.2. The summed E-state index contributed by atoms with van der Waals surface area (Å²) in [6.07, 6.45) is 6.76. The summed E-state index contributed by atoms with van der Waals surface area (Å²) in [5.74, 6) is 3.18. The molecule has 14 heteroatoms. The van der Waals surface area contributed by atoms with Crippen molar-refractivity contribution in [1.82, 2.24) is 0 Å². The Morgan fingerprint density at radius 1 is 0.266 bits per heavy atom. The van der Waals surface area contributed by atoms with Crippen LogP contribution in [-0.4, -0.2) is 53.3 Å². The smallest absolute Gasteiger partial charge is 0.872 e. The minimum atomic E-state index is -0.0523. The molecule has 12 aromatic rings. The zero-order chi connectivity index (χ0) is 64.9. The first-order valence-electron chi connectivity index (χ1n) is 30.2. The van der Waals surface area contributed by atoms with E-state index in [9.17, 15) is 20.4 Å². The van der Waals surface area contributed by atoms with Crippen LogP contribution < -0.4 is 39.4 Å². The SMILES string of the molecule is COc1cccc([C@@H](C)N=Cc2c([O-])ccc3ccccc23)c1.COc1cccc([C@@H](C)N=Cc2c([O-])ccc3ccccc23)c1.COc1cccc([C@@H](C)N=Cc2c([O-])ccc3ccccc23)c1.COc1cccc([C@@H](C)N=Cc2c([O-])ccc3ccccc23)c1.[Cu+2].[Cu+2]. The van der Waals surface area contributed by atoms with Crippen LogP contribution >= 0.6 is 0 Å². The van der Waals surface area contributed by atoms with Crippen LogP contribution in [0.15, 0.2) is 263 Å². The fourth-order valence-corrected chi connectivity index (χ4v) is 10.3. The molecule has 0 aliphatic rings. The summed E-state index contributed by atoms with van der Waals surface area (Å²) in [6.45, 7) is 8.00. The van der Waals surface area contributed by atoms with Crippen molar-refractivity contribution in [2.75, 3.05) is 28.4 Å². The normalized spacial score (nSPS) is 12.3. The van der Waals surface area contributed by atoms with Crippen molar-refractivity contribution in [2.24, 2.45) is 20.0 Å². The summed E-state index contributed by atoms with van der Waals surface area (Å²) in [7, 11) is 6.58. The molecule has 2 radical (unpaired) electrons. The summed E-state index contributed by atoms with van der Waals surface area (Å²) in [5, 5.41) is 56.6. The van der Waals surface area contributed by atoms with Gasteiger partial charge in [0.05, 0.1) is 52.6 Å². The van der Waals surface area contributed by atoms with Crippen LogP contribution in [0.3, 0.4) is 0 Å². The van der Waals surface area contributed by atoms with Gasteiger partial charge in [0.2, 0.25) is 0 Å². The van der Waals surface area contributed by atoms with Crippen LogP contribution in [0.2, 0.25) is 0 Å². The molecule has 0 saturated heterocycles. The van der Waals surface area contributed by atoms with Gasteiger partial charge >= 0.3 is 34.1 Å². The summed E-state index contributed by atoms with van der Waals surface area (Å²) < 4.78 is 21.0. The van der Waals surface area contributed by atoms with E-state index < -0.39 is 0 Å². The topological polar surface area (TPSA) is 179 Å². The molecule has 0 aliphatic carbocycles. The molecule has 0 amide bonds. The molecular weight excluding hydrogens is 1270 g/mol. The molecule has 12 rings (SSSR count). The van der Waals surface area contributed by atoms with Gasteiger partial charge in [0.15, 0.2) is 0 Å². The number of methoxy groups -OCH3 is 4. The van der Waals surface area contributed by atoms with E-state index in [1.807, 2.05) is 246 Å². The first kappa shape index (κ1) is 71.2. The van der Waals surface area contributed by atoms with Crippen molar-refractivity contribution in [3.8, 4) is 46.0 Å². The molecule has 0 fully saturated rings. The van der Waals surface area contributed by atoms with Gasteiger partial charge in [0, 0.05) is 24.9 Å². The average Bonchev–Trinajstić information content (AvgIpc) is 0.896. The Morgan fingerprint density at radius 2 is 0.468 bits per heavy atom. The summed E-state index contributed by atoms with van der Waals surface area (Å²) in [4.78, 5) is 18.3. The van der Waals surface area contributed by atoms with Gasteiger partial charge in [0.25, 0.3) is 0 Å². The van der Waals surface area contributed by atoms with Gasteiger partial charge in [-0.25, -0.2) is 0 Å². The number of rotatable bonds is 16. The number of ether oxygens (including phenoxy) is 4. The molecule has 0 aromatic heterocycles. The van der Waals surface area contributed by atoms with Gasteiger partial charge in [-0.05, 0) is 164 Å². The summed E-state index contributed by atoms with van der Waals surface area (Å²) in [5.41, 5.74) is 6.74. The predicted octanol–water partition coefficient (Wildman–Crippen LogP) is 16.4. The Morgan fingerprint density at radius 3 is 0.670 bits per heavy atom. The monoisotopic (exact) mass is 1340 g/mol. The van der Waals surface area contributed by atoms with Crippen molar-refractivity contribution in [3.05, 3.63) is 287 Å². The number of aliphatic imine (C=N–C) groups is 4. The van der Waals surface area contributed by atoms with Crippen LogP contribution in [0, 0.1) is 0 Å². The van der Waals surface area contributed by atoms with E-state index in [0.29, 0.717) is 22.3 Å². The van der Waals surface area contributed by atoms with Crippen molar-refractivity contribution in [2.45, 2.75) is 51.9 Å². The van der Waals surface area contributed by atoms with Crippen LogP contribution in [0.25, 0.3) is 43.1 Å². The maximum Gasteiger partial charge on any atom is 2.00 e. The zero-order valence-electron chi connectivity index (χ0n) is 53.4. The van der Waals surface area contributed by atoms with Crippen molar-refractivity contribution >= 4 is 67.9 Å². The fourth-order valence-electron chi connectivity index (χ4n) is 10.3. The predicted molar refractivity (Wildman–Crippen MR) is 370 cm³/mol. The van der Waals surface area contributed by atoms with Crippen molar-refractivity contribution in [1.29, 1.82) is 0 Å². The fraction of sp³-hybridized carbons (Fsp3) is 0.150. The van der Waals surface area contributed by atoms with Gasteiger partial charge in [-0.1, -0.05) is 217 Å². The third-order valence-corrected chi connectivity index (χ3v) is 15.7. The standard InChI is InChI=1S/4C20H19NO2.2Cu/c4*1-14(16-7-5-8-17(12-16)23-2)21-13-19-18-9-4-3-6-15(18)10-11-20(19)22;;/h4*3-14,22H,1-2H3;;/q;;;;2*+2/p-4/t4*14-;;/m1111../s1. The number of fused-ring (bicyclic) bond motifs is 4. The van der Waals surface area contributed by atoms with Crippen LogP contribution in [0.5, 0.6) is 46.0 Å². The summed E-state index contributed by atoms with van der Waals surface area (Å²) >= 11 is 0. The quantitative estimate of drug-likeness (QED) is 0.0677. The Bertz CT molecular complexity index is 4010.